The van der Waals surface area contributed by atoms with Crippen LogP contribution in [0.3, 0.4) is 0 Å². The average molecular weight is 163 g/mol. The van der Waals surface area contributed by atoms with Crippen molar-refractivity contribution in [3.8, 4) is 0 Å². The van der Waals surface area contributed by atoms with E-state index >= 15 is 0 Å². The van der Waals surface area contributed by atoms with Gasteiger partial charge in [0.25, 0.3) is 0 Å². The van der Waals surface area contributed by atoms with E-state index < -0.39 is 0 Å². The maximum atomic E-state index is 5.23. The van der Waals surface area contributed by atoms with E-state index in [0.29, 0.717) is 6.61 Å². The van der Waals surface area contributed by atoms with Crippen LogP contribution < -0.4 is 0 Å². The Bertz CT molecular complexity index is 253. The summed E-state index contributed by atoms with van der Waals surface area (Å²) < 4.78 is 5.23. The Morgan fingerprint density at radius 2 is 2.08 bits per heavy atom. The maximum Gasteiger partial charge on any atom is 0.0810 e. The van der Waals surface area contributed by atoms with Crippen LogP contribution in [0, 0.1) is 20.5 Å². The Kier molecular flexibility index (Phi) is 3.30. The van der Waals surface area contributed by atoms with Gasteiger partial charge in [-0.05, 0) is 31.9 Å². The Balaban J connectivity index is 2.75. The number of hydrogen-bond acceptors (Lipinski definition) is 1. The molecule has 0 aromatic heterocycles. The lowest BCUT2D eigenvalue weighted by Gasteiger charge is -2.06. The fourth-order valence-electron chi connectivity index (χ4n) is 1.13. The largest absolute Gasteiger partial charge is 0.371 e. The lowest BCUT2D eigenvalue weighted by Crippen LogP contribution is -1.92. The number of benzene rings is 1. The molecule has 0 amide bonds. The molecule has 12 heavy (non-hydrogen) atoms. The van der Waals surface area contributed by atoms with E-state index in [9.17, 15) is 0 Å². The minimum atomic E-state index is 0.685. The van der Waals surface area contributed by atoms with Crippen molar-refractivity contribution in [1.29, 1.82) is 0 Å². The van der Waals surface area contributed by atoms with Crippen LogP contribution in [0.2, 0.25) is 0 Å². The van der Waals surface area contributed by atoms with Crippen LogP contribution in [-0.4, -0.2) is 0 Å². The standard InChI is InChI=1S/C11H15O/c1-4-12-8-11-7-9(2)5-6-10(11)3/h4-7H,8H2,1-3H3. The van der Waals surface area contributed by atoms with Gasteiger partial charge in [-0.25, -0.2) is 0 Å². The van der Waals surface area contributed by atoms with E-state index in [1.807, 2.05) is 6.92 Å². The third kappa shape index (κ3) is 2.35. The number of hydrogen-bond donors (Lipinski definition) is 0. The van der Waals surface area contributed by atoms with Crippen molar-refractivity contribution in [3.63, 3.8) is 0 Å². The molecule has 0 N–H and O–H groups in total. The van der Waals surface area contributed by atoms with E-state index in [2.05, 4.69) is 32.0 Å². The number of rotatable bonds is 3. The predicted octanol–water partition coefficient (Wildman–Crippen LogP) is 3.00. The van der Waals surface area contributed by atoms with Crippen LogP contribution in [-0.2, 0) is 11.3 Å². The molecular weight excluding hydrogens is 148 g/mol. The summed E-state index contributed by atoms with van der Waals surface area (Å²) in [5, 5.41) is 0. The smallest absolute Gasteiger partial charge is 0.0810 e. The zero-order valence-corrected chi connectivity index (χ0v) is 7.92. The van der Waals surface area contributed by atoms with E-state index in [-0.39, 0.29) is 0 Å². The van der Waals surface area contributed by atoms with Crippen LogP contribution in [0.5, 0.6) is 0 Å². The van der Waals surface area contributed by atoms with Crippen molar-refractivity contribution in [2.45, 2.75) is 27.4 Å². The molecule has 0 saturated carbocycles. The van der Waals surface area contributed by atoms with Crippen molar-refractivity contribution in [2.75, 3.05) is 0 Å². The summed E-state index contributed by atoms with van der Waals surface area (Å²) >= 11 is 0. The zero-order valence-electron chi connectivity index (χ0n) is 7.92. The number of aryl methyl sites for hydroxylation is 2. The highest BCUT2D eigenvalue weighted by molar-refractivity contribution is 5.29. The molecular formula is C11H15O. The highest BCUT2D eigenvalue weighted by Gasteiger charge is 1.97. The molecule has 65 valence electrons. The predicted molar refractivity (Wildman–Crippen MR) is 50.7 cm³/mol. The van der Waals surface area contributed by atoms with Gasteiger partial charge in [0.05, 0.1) is 13.2 Å². The first-order valence-electron chi connectivity index (χ1n) is 4.19. The molecule has 1 radical (unpaired) electrons. The average Bonchev–Trinajstić information content (AvgIpc) is 2.07. The van der Waals surface area contributed by atoms with Crippen molar-refractivity contribution in [2.24, 2.45) is 0 Å². The van der Waals surface area contributed by atoms with Gasteiger partial charge < -0.3 is 4.74 Å². The fraction of sp³-hybridized carbons (Fsp3) is 0.364. The van der Waals surface area contributed by atoms with Crippen LogP contribution in [0.1, 0.15) is 23.6 Å². The molecule has 0 aliphatic rings. The van der Waals surface area contributed by atoms with E-state index in [1.165, 1.54) is 16.7 Å². The van der Waals surface area contributed by atoms with Gasteiger partial charge in [0.1, 0.15) is 0 Å². The van der Waals surface area contributed by atoms with Gasteiger partial charge >= 0.3 is 0 Å². The fourth-order valence-corrected chi connectivity index (χ4v) is 1.13. The summed E-state index contributed by atoms with van der Waals surface area (Å²) in [4.78, 5) is 0. The van der Waals surface area contributed by atoms with Gasteiger partial charge in [0.15, 0.2) is 0 Å². The van der Waals surface area contributed by atoms with Gasteiger partial charge in [-0.15, -0.1) is 0 Å². The van der Waals surface area contributed by atoms with Crippen molar-refractivity contribution >= 4 is 0 Å². The molecule has 0 aliphatic carbocycles. The van der Waals surface area contributed by atoms with E-state index in [1.54, 1.807) is 6.61 Å². The van der Waals surface area contributed by atoms with Gasteiger partial charge in [-0.2, -0.15) is 0 Å². The number of ether oxygens (including phenoxy) is 1. The zero-order chi connectivity index (χ0) is 8.97. The highest BCUT2D eigenvalue weighted by atomic mass is 16.5. The Labute approximate surface area is 74.4 Å². The lowest BCUT2D eigenvalue weighted by molar-refractivity contribution is 0.190. The first-order valence-corrected chi connectivity index (χ1v) is 4.19. The third-order valence-corrected chi connectivity index (χ3v) is 1.91. The minimum Gasteiger partial charge on any atom is -0.371 e. The molecule has 0 aliphatic heterocycles. The molecule has 0 atom stereocenters. The Morgan fingerprint density at radius 1 is 1.33 bits per heavy atom. The maximum absolute atomic E-state index is 5.23. The molecule has 1 aromatic carbocycles. The first-order chi connectivity index (χ1) is 5.74. The van der Waals surface area contributed by atoms with Gasteiger partial charge in [0.2, 0.25) is 0 Å². The topological polar surface area (TPSA) is 9.23 Å². The molecule has 1 nitrogen and oxygen atoms in total. The molecule has 0 spiro atoms. The van der Waals surface area contributed by atoms with Crippen molar-refractivity contribution in [3.05, 3.63) is 41.5 Å². The molecule has 0 saturated heterocycles. The van der Waals surface area contributed by atoms with Crippen LogP contribution >= 0.6 is 0 Å². The molecule has 0 unspecified atom stereocenters. The van der Waals surface area contributed by atoms with Crippen molar-refractivity contribution < 1.29 is 4.74 Å². The van der Waals surface area contributed by atoms with E-state index in [0.717, 1.165) is 0 Å². The van der Waals surface area contributed by atoms with Gasteiger partial charge in [-0.3, -0.25) is 0 Å². The van der Waals surface area contributed by atoms with E-state index in [4.69, 9.17) is 4.74 Å². The molecule has 0 heterocycles. The lowest BCUT2D eigenvalue weighted by atomic mass is 10.1. The second kappa shape index (κ2) is 4.27. The van der Waals surface area contributed by atoms with Crippen LogP contribution in [0.15, 0.2) is 18.2 Å². The Hall–Kier alpha value is -0.820. The first kappa shape index (κ1) is 9.27. The highest BCUT2D eigenvalue weighted by Crippen LogP contribution is 2.11. The van der Waals surface area contributed by atoms with Crippen LogP contribution in [0.4, 0.5) is 0 Å². The SMILES string of the molecule is C[CH]OCc1cc(C)ccc1C. The van der Waals surface area contributed by atoms with Gasteiger partial charge in [-0.1, -0.05) is 23.8 Å². The van der Waals surface area contributed by atoms with Crippen LogP contribution in [0.25, 0.3) is 0 Å². The molecule has 1 aromatic rings. The minimum absolute atomic E-state index is 0.685. The molecule has 1 rings (SSSR count). The van der Waals surface area contributed by atoms with Gasteiger partial charge in [0, 0.05) is 0 Å². The second-order valence-corrected chi connectivity index (χ2v) is 2.98. The summed E-state index contributed by atoms with van der Waals surface area (Å²) in [6.07, 6.45) is 0. The summed E-state index contributed by atoms with van der Waals surface area (Å²) in [6, 6.07) is 6.41. The summed E-state index contributed by atoms with van der Waals surface area (Å²) in [7, 11) is 0. The monoisotopic (exact) mass is 163 g/mol. The summed E-state index contributed by atoms with van der Waals surface area (Å²) in [6.45, 7) is 8.50. The third-order valence-electron chi connectivity index (χ3n) is 1.91. The quantitative estimate of drug-likeness (QED) is 0.665. The summed E-state index contributed by atoms with van der Waals surface area (Å²) in [5.41, 5.74) is 3.85. The summed E-state index contributed by atoms with van der Waals surface area (Å²) in [5.74, 6) is 0. The molecule has 0 fully saturated rings. The second-order valence-electron chi connectivity index (χ2n) is 2.98. The normalized spacial score (nSPS) is 10.2. The Morgan fingerprint density at radius 3 is 2.75 bits per heavy atom. The molecule has 1 heteroatoms. The van der Waals surface area contributed by atoms with Crippen molar-refractivity contribution in [1.82, 2.24) is 0 Å². The molecule has 0 bridgehead atoms.